The van der Waals surface area contributed by atoms with Crippen molar-refractivity contribution in [3.63, 3.8) is 0 Å². The molecule has 0 bridgehead atoms. The van der Waals surface area contributed by atoms with Gasteiger partial charge in [0.15, 0.2) is 11.6 Å². The maximum atomic E-state index is 6.42. The summed E-state index contributed by atoms with van der Waals surface area (Å²) in [6.07, 6.45) is 0. The Morgan fingerprint density at radius 2 is 1.05 bits per heavy atom. The highest BCUT2D eigenvalue weighted by Gasteiger charge is 2.20. The largest absolute Gasteiger partial charge is 0.309 e. The Hall–Kier alpha value is -5.06. The summed E-state index contributed by atoms with van der Waals surface area (Å²) < 4.78 is 2.37. The fraction of sp³-hybridized carbons (Fsp3) is 0. The molecule has 188 valence electrons. The first-order valence-electron chi connectivity index (χ1n) is 13.2. The van der Waals surface area contributed by atoms with Crippen LogP contribution in [0.15, 0.2) is 127 Å². The van der Waals surface area contributed by atoms with Crippen LogP contribution in [0.2, 0.25) is 5.28 Å². The third-order valence-corrected chi connectivity index (χ3v) is 7.72. The van der Waals surface area contributed by atoms with Crippen molar-refractivity contribution < 1.29 is 0 Å². The molecule has 0 fully saturated rings. The van der Waals surface area contributed by atoms with Crippen molar-refractivity contribution in [2.45, 2.75) is 0 Å². The fourth-order valence-electron chi connectivity index (χ4n) is 5.86. The number of halogens is 1. The van der Waals surface area contributed by atoms with Crippen molar-refractivity contribution in [3.8, 4) is 28.5 Å². The van der Waals surface area contributed by atoms with Crippen molar-refractivity contribution >= 4 is 55.0 Å². The van der Waals surface area contributed by atoms with Gasteiger partial charge in [0.2, 0.25) is 5.28 Å². The molecule has 8 rings (SSSR count). The van der Waals surface area contributed by atoms with Gasteiger partial charge in [-0.2, -0.15) is 9.97 Å². The van der Waals surface area contributed by atoms with Crippen LogP contribution in [0.4, 0.5) is 0 Å². The Morgan fingerprint density at radius 3 is 1.77 bits per heavy atom. The van der Waals surface area contributed by atoms with Crippen molar-refractivity contribution in [2.24, 2.45) is 0 Å². The van der Waals surface area contributed by atoms with Crippen LogP contribution in [-0.4, -0.2) is 19.5 Å². The second-order valence-corrected chi connectivity index (χ2v) is 10.2. The molecule has 4 nitrogen and oxygen atoms in total. The van der Waals surface area contributed by atoms with Crippen molar-refractivity contribution in [2.75, 3.05) is 0 Å². The monoisotopic (exact) mass is 532 g/mol. The lowest BCUT2D eigenvalue weighted by molar-refractivity contribution is 1.07. The topological polar surface area (TPSA) is 43.6 Å². The van der Waals surface area contributed by atoms with Crippen LogP contribution in [0.25, 0.3) is 71.8 Å². The van der Waals surface area contributed by atoms with Crippen LogP contribution in [-0.2, 0) is 0 Å². The molecule has 0 unspecified atom stereocenters. The zero-order chi connectivity index (χ0) is 26.6. The first kappa shape index (κ1) is 22.9. The lowest BCUT2D eigenvalue weighted by atomic mass is 9.96. The highest BCUT2D eigenvalue weighted by atomic mass is 35.5. The molecule has 40 heavy (non-hydrogen) atoms. The van der Waals surface area contributed by atoms with Gasteiger partial charge in [0, 0.05) is 33.0 Å². The highest BCUT2D eigenvalue weighted by molar-refractivity contribution is 6.32. The van der Waals surface area contributed by atoms with Crippen molar-refractivity contribution in [3.05, 3.63) is 133 Å². The van der Waals surface area contributed by atoms with E-state index < -0.39 is 0 Å². The van der Waals surface area contributed by atoms with E-state index in [1.807, 2.05) is 30.3 Å². The molecule has 5 heteroatoms. The number of fused-ring (bicyclic) bond motifs is 8. The van der Waals surface area contributed by atoms with Gasteiger partial charge in [0.1, 0.15) is 0 Å². The smallest absolute Gasteiger partial charge is 0.226 e. The van der Waals surface area contributed by atoms with E-state index in [0.29, 0.717) is 11.6 Å². The molecule has 0 N–H and O–H groups in total. The second kappa shape index (κ2) is 9.01. The SMILES string of the molecule is Clc1nc(-c2ccccc2)nc(-c2ccc3c(c2)c2c4ccccc4c4ccccc4c2n3-c2ccccc2)n1. The van der Waals surface area contributed by atoms with Gasteiger partial charge < -0.3 is 4.57 Å². The van der Waals surface area contributed by atoms with E-state index in [1.54, 1.807) is 0 Å². The number of hydrogen-bond donors (Lipinski definition) is 0. The molecule has 0 radical (unpaired) electrons. The van der Waals surface area contributed by atoms with Crippen molar-refractivity contribution in [1.29, 1.82) is 0 Å². The summed E-state index contributed by atoms with van der Waals surface area (Å²) in [6, 6.07) is 44.2. The number of rotatable bonds is 3. The Labute approximate surface area is 235 Å². The quantitative estimate of drug-likeness (QED) is 0.213. The third-order valence-electron chi connectivity index (χ3n) is 7.55. The van der Waals surface area contributed by atoms with Crippen LogP contribution in [0.5, 0.6) is 0 Å². The summed E-state index contributed by atoms with van der Waals surface area (Å²) in [4.78, 5) is 13.8. The minimum Gasteiger partial charge on any atom is -0.309 e. The normalized spacial score (nSPS) is 11.6. The number of nitrogens with zero attached hydrogens (tertiary/aromatic N) is 4. The van der Waals surface area contributed by atoms with E-state index in [-0.39, 0.29) is 5.28 Å². The molecule has 0 aliphatic heterocycles. The summed E-state index contributed by atoms with van der Waals surface area (Å²) in [5.41, 5.74) is 5.21. The standard InChI is InChI=1S/C35H21ClN4/c36-35-38-33(22-11-3-1-4-12-22)37-34(39-35)23-19-20-30-29(21-23)31-27-17-9-7-15-25(27)26-16-8-10-18-28(26)32(31)40(30)24-13-5-2-6-14-24/h1-21H. The van der Waals surface area contributed by atoms with E-state index in [1.165, 1.54) is 32.4 Å². The molecule has 0 saturated heterocycles. The van der Waals surface area contributed by atoms with Crippen molar-refractivity contribution in [1.82, 2.24) is 19.5 Å². The summed E-state index contributed by atoms with van der Waals surface area (Å²) in [5.74, 6) is 1.10. The Kier molecular flexibility index (Phi) is 5.15. The minimum absolute atomic E-state index is 0.173. The van der Waals surface area contributed by atoms with Gasteiger partial charge in [-0.05, 0) is 58.1 Å². The van der Waals surface area contributed by atoms with Gasteiger partial charge in [-0.1, -0.05) is 97.1 Å². The molecule has 0 aliphatic carbocycles. The predicted octanol–water partition coefficient (Wildman–Crippen LogP) is 9.26. The van der Waals surface area contributed by atoms with E-state index >= 15 is 0 Å². The summed E-state index contributed by atoms with van der Waals surface area (Å²) in [7, 11) is 0. The minimum atomic E-state index is 0.173. The fourth-order valence-corrected chi connectivity index (χ4v) is 6.02. The van der Waals surface area contributed by atoms with Gasteiger partial charge in [0.05, 0.1) is 11.0 Å². The molecule has 0 aliphatic rings. The van der Waals surface area contributed by atoms with E-state index in [0.717, 1.165) is 27.7 Å². The Balaban J connectivity index is 1.50. The van der Waals surface area contributed by atoms with E-state index in [9.17, 15) is 0 Å². The van der Waals surface area contributed by atoms with E-state index in [2.05, 4.69) is 112 Å². The molecule has 0 amide bonds. The maximum absolute atomic E-state index is 6.42. The zero-order valence-corrected chi connectivity index (χ0v) is 22.0. The van der Waals surface area contributed by atoms with Gasteiger partial charge in [-0.3, -0.25) is 0 Å². The maximum Gasteiger partial charge on any atom is 0.226 e. The van der Waals surface area contributed by atoms with Gasteiger partial charge in [0.25, 0.3) is 0 Å². The van der Waals surface area contributed by atoms with Gasteiger partial charge in [-0.15, -0.1) is 0 Å². The molecule has 2 aromatic heterocycles. The van der Waals surface area contributed by atoms with Crippen LogP contribution in [0, 0.1) is 0 Å². The molecular weight excluding hydrogens is 512 g/mol. The lowest BCUT2D eigenvalue weighted by Crippen LogP contribution is -1.97. The second-order valence-electron chi connectivity index (χ2n) is 9.84. The van der Waals surface area contributed by atoms with Crippen LogP contribution < -0.4 is 0 Å². The number of para-hydroxylation sites is 1. The van der Waals surface area contributed by atoms with Crippen LogP contribution in [0.1, 0.15) is 0 Å². The predicted molar refractivity (Wildman–Crippen MR) is 165 cm³/mol. The molecule has 8 aromatic rings. The van der Waals surface area contributed by atoms with Gasteiger partial charge >= 0.3 is 0 Å². The van der Waals surface area contributed by atoms with Crippen LogP contribution >= 0.6 is 11.6 Å². The lowest BCUT2D eigenvalue weighted by Gasteiger charge is -2.12. The Bertz CT molecular complexity index is 2220. The number of benzene rings is 6. The van der Waals surface area contributed by atoms with Gasteiger partial charge in [-0.25, -0.2) is 4.98 Å². The first-order chi connectivity index (χ1) is 19.8. The molecule has 0 spiro atoms. The summed E-state index contributed by atoms with van der Waals surface area (Å²) >= 11 is 6.42. The summed E-state index contributed by atoms with van der Waals surface area (Å²) in [6.45, 7) is 0. The van der Waals surface area contributed by atoms with E-state index in [4.69, 9.17) is 16.6 Å². The third kappa shape index (κ3) is 3.50. The average Bonchev–Trinajstić information content (AvgIpc) is 3.37. The highest BCUT2D eigenvalue weighted by Crippen LogP contribution is 2.43. The summed E-state index contributed by atoms with van der Waals surface area (Å²) in [5, 5.41) is 7.42. The molecule has 6 aromatic carbocycles. The van der Waals surface area contributed by atoms with Crippen LogP contribution in [0.3, 0.4) is 0 Å². The molecular formula is C35H21ClN4. The molecule has 0 saturated carbocycles. The first-order valence-corrected chi connectivity index (χ1v) is 13.5. The Morgan fingerprint density at radius 1 is 0.475 bits per heavy atom. The number of hydrogen-bond acceptors (Lipinski definition) is 3. The molecule has 0 atom stereocenters. The zero-order valence-electron chi connectivity index (χ0n) is 21.3. The number of aromatic nitrogens is 4. The average molecular weight is 533 g/mol. The molecule has 2 heterocycles.